The van der Waals surface area contributed by atoms with Crippen LogP contribution in [0.15, 0.2) is 23.1 Å². The zero-order valence-corrected chi connectivity index (χ0v) is 12.4. The zero-order valence-electron chi connectivity index (χ0n) is 11.5. The van der Waals surface area contributed by atoms with Gasteiger partial charge < -0.3 is 9.84 Å². The molecule has 1 aliphatic heterocycles. The topological polar surface area (TPSA) is 66.8 Å². The van der Waals surface area contributed by atoms with Crippen LogP contribution in [0.5, 0.6) is 0 Å². The van der Waals surface area contributed by atoms with Crippen molar-refractivity contribution in [3.63, 3.8) is 0 Å². The standard InChI is InChI=1S/C14H18FNO4S/c15-11-5-4-10(9-17)8-14(11)21(18,19)16-6-7-20-13-3-1-2-12(13)16/h4-5,8,12-13,17H,1-3,6-7,9H2. The molecule has 0 aromatic heterocycles. The Kier molecular flexibility index (Phi) is 4.00. The Bertz CT molecular complexity index is 634. The van der Waals surface area contributed by atoms with Crippen LogP contribution >= 0.6 is 0 Å². The molecular weight excluding hydrogens is 297 g/mol. The van der Waals surface area contributed by atoms with Gasteiger partial charge >= 0.3 is 0 Å². The van der Waals surface area contributed by atoms with Crippen molar-refractivity contribution in [1.29, 1.82) is 0 Å². The average molecular weight is 315 g/mol. The number of hydrogen-bond acceptors (Lipinski definition) is 4. The number of halogens is 1. The fourth-order valence-corrected chi connectivity index (χ4v) is 4.94. The molecule has 116 valence electrons. The van der Waals surface area contributed by atoms with Crippen molar-refractivity contribution >= 4 is 10.0 Å². The van der Waals surface area contributed by atoms with Crippen LogP contribution in [0, 0.1) is 5.82 Å². The quantitative estimate of drug-likeness (QED) is 0.912. The fraction of sp³-hybridized carbons (Fsp3) is 0.571. The van der Waals surface area contributed by atoms with Gasteiger partial charge in [0.25, 0.3) is 0 Å². The number of morpholine rings is 1. The summed E-state index contributed by atoms with van der Waals surface area (Å²) >= 11 is 0. The lowest BCUT2D eigenvalue weighted by Gasteiger charge is -2.36. The van der Waals surface area contributed by atoms with E-state index in [1.807, 2.05) is 0 Å². The van der Waals surface area contributed by atoms with Gasteiger partial charge in [-0.05, 0) is 37.0 Å². The van der Waals surface area contributed by atoms with Crippen molar-refractivity contribution in [3.05, 3.63) is 29.6 Å². The maximum Gasteiger partial charge on any atom is 0.246 e. The third kappa shape index (κ3) is 2.59. The molecule has 21 heavy (non-hydrogen) atoms. The van der Waals surface area contributed by atoms with Crippen LogP contribution in [0.3, 0.4) is 0 Å². The molecule has 1 aromatic carbocycles. The molecule has 0 bridgehead atoms. The van der Waals surface area contributed by atoms with Gasteiger partial charge in [0.05, 0.1) is 25.4 Å². The Morgan fingerprint density at radius 1 is 1.38 bits per heavy atom. The summed E-state index contributed by atoms with van der Waals surface area (Å²) in [4.78, 5) is -0.360. The molecule has 2 atom stereocenters. The summed E-state index contributed by atoms with van der Waals surface area (Å²) in [6, 6.07) is 3.47. The minimum absolute atomic E-state index is 0.0855. The van der Waals surface area contributed by atoms with E-state index >= 15 is 0 Å². The predicted octanol–water partition coefficient (Wildman–Crippen LogP) is 1.26. The second-order valence-corrected chi connectivity index (χ2v) is 7.31. The molecule has 0 radical (unpaired) electrons. The number of aliphatic hydroxyl groups excluding tert-OH is 1. The highest BCUT2D eigenvalue weighted by Gasteiger charge is 2.43. The van der Waals surface area contributed by atoms with Crippen molar-refractivity contribution in [2.45, 2.75) is 42.9 Å². The molecule has 3 rings (SSSR count). The second kappa shape index (κ2) is 5.64. The maximum atomic E-state index is 14.0. The fourth-order valence-electron chi connectivity index (χ4n) is 3.16. The molecule has 2 aliphatic rings. The lowest BCUT2D eigenvalue weighted by atomic mass is 10.2. The van der Waals surface area contributed by atoms with E-state index in [0.717, 1.165) is 25.3 Å². The van der Waals surface area contributed by atoms with Gasteiger partial charge in [-0.1, -0.05) is 6.07 Å². The van der Waals surface area contributed by atoms with Gasteiger partial charge in [-0.2, -0.15) is 4.31 Å². The van der Waals surface area contributed by atoms with Crippen LogP contribution in [0.2, 0.25) is 0 Å². The molecule has 1 aromatic rings. The first kappa shape index (κ1) is 14.9. The minimum atomic E-state index is -3.91. The Hall–Kier alpha value is -1.02. The van der Waals surface area contributed by atoms with Gasteiger partial charge in [-0.15, -0.1) is 0 Å². The summed E-state index contributed by atoms with van der Waals surface area (Å²) in [6.45, 7) is 0.256. The smallest absolute Gasteiger partial charge is 0.246 e. The highest BCUT2D eigenvalue weighted by atomic mass is 32.2. The first-order valence-corrected chi connectivity index (χ1v) is 8.51. The van der Waals surface area contributed by atoms with Gasteiger partial charge in [-0.25, -0.2) is 12.8 Å². The molecule has 5 nitrogen and oxygen atoms in total. The molecule has 0 spiro atoms. The molecule has 1 aliphatic carbocycles. The molecule has 2 unspecified atom stereocenters. The molecule has 0 amide bonds. The monoisotopic (exact) mass is 315 g/mol. The number of nitrogens with zero attached hydrogens (tertiary/aromatic N) is 1. The van der Waals surface area contributed by atoms with Crippen molar-refractivity contribution in [2.75, 3.05) is 13.2 Å². The molecule has 1 saturated heterocycles. The number of fused-ring (bicyclic) bond motifs is 1. The summed E-state index contributed by atoms with van der Waals surface area (Å²) in [5, 5.41) is 9.13. The molecule has 2 fully saturated rings. The van der Waals surface area contributed by atoms with Gasteiger partial charge in [0.2, 0.25) is 10.0 Å². The van der Waals surface area contributed by atoms with Gasteiger partial charge in [0, 0.05) is 6.54 Å². The van der Waals surface area contributed by atoms with Crippen LogP contribution < -0.4 is 0 Å². The normalized spacial score (nSPS) is 26.8. The van der Waals surface area contributed by atoms with Crippen molar-refractivity contribution in [1.82, 2.24) is 4.31 Å². The summed E-state index contributed by atoms with van der Waals surface area (Å²) in [5.74, 6) is -0.784. The van der Waals surface area contributed by atoms with Gasteiger partial charge in [0.15, 0.2) is 0 Å². The van der Waals surface area contributed by atoms with Crippen LogP contribution in [0.1, 0.15) is 24.8 Å². The first-order chi connectivity index (χ1) is 10.0. The summed E-state index contributed by atoms with van der Waals surface area (Å²) in [5.41, 5.74) is 0.381. The molecular formula is C14H18FNO4S. The lowest BCUT2D eigenvalue weighted by molar-refractivity contribution is -0.0242. The van der Waals surface area contributed by atoms with E-state index in [1.54, 1.807) is 0 Å². The van der Waals surface area contributed by atoms with Crippen LogP contribution in [-0.4, -0.2) is 43.1 Å². The van der Waals surface area contributed by atoms with Crippen LogP contribution in [0.4, 0.5) is 4.39 Å². The Balaban J connectivity index is 2.00. The van der Waals surface area contributed by atoms with Gasteiger partial charge in [0.1, 0.15) is 10.7 Å². The third-order valence-corrected chi connectivity index (χ3v) is 6.14. The number of hydrogen-bond donors (Lipinski definition) is 1. The molecule has 1 saturated carbocycles. The van der Waals surface area contributed by atoms with E-state index in [2.05, 4.69) is 0 Å². The zero-order chi connectivity index (χ0) is 15.0. The number of rotatable bonds is 3. The maximum absolute atomic E-state index is 14.0. The van der Waals surface area contributed by atoms with E-state index in [0.29, 0.717) is 12.2 Å². The van der Waals surface area contributed by atoms with E-state index in [-0.39, 0.29) is 30.2 Å². The molecule has 1 heterocycles. The lowest BCUT2D eigenvalue weighted by Crippen LogP contribution is -2.51. The van der Waals surface area contributed by atoms with E-state index < -0.39 is 15.8 Å². The third-order valence-electron chi connectivity index (χ3n) is 4.20. The molecule has 7 heteroatoms. The average Bonchev–Trinajstić information content (AvgIpc) is 2.95. The SMILES string of the molecule is O=S(=O)(c1cc(CO)ccc1F)N1CCOC2CCCC21. The number of sulfonamides is 1. The van der Waals surface area contributed by atoms with Crippen LogP contribution in [-0.2, 0) is 21.4 Å². The summed E-state index contributed by atoms with van der Waals surface area (Å²) in [6.07, 6.45) is 2.42. The number of benzene rings is 1. The molecule has 1 N–H and O–H groups in total. The number of ether oxygens (including phenoxy) is 1. The van der Waals surface area contributed by atoms with E-state index in [1.165, 1.54) is 16.4 Å². The first-order valence-electron chi connectivity index (χ1n) is 7.07. The van der Waals surface area contributed by atoms with Crippen molar-refractivity contribution in [2.24, 2.45) is 0 Å². The van der Waals surface area contributed by atoms with Crippen molar-refractivity contribution < 1.29 is 22.7 Å². The minimum Gasteiger partial charge on any atom is -0.392 e. The highest BCUT2D eigenvalue weighted by molar-refractivity contribution is 7.89. The Morgan fingerprint density at radius 3 is 2.95 bits per heavy atom. The Labute approximate surface area is 123 Å². The van der Waals surface area contributed by atoms with E-state index in [4.69, 9.17) is 9.84 Å². The van der Waals surface area contributed by atoms with Crippen molar-refractivity contribution in [3.8, 4) is 0 Å². The summed E-state index contributed by atoms with van der Waals surface area (Å²) < 4.78 is 46.5. The van der Waals surface area contributed by atoms with Crippen LogP contribution in [0.25, 0.3) is 0 Å². The highest BCUT2D eigenvalue weighted by Crippen LogP contribution is 2.34. The van der Waals surface area contributed by atoms with E-state index in [9.17, 15) is 12.8 Å². The Morgan fingerprint density at radius 2 is 2.19 bits per heavy atom. The largest absolute Gasteiger partial charge is 0.392 e. The summed E-state index contributed by atoms with van der Waals surface area (Å²) in [7, 11) is -3.91. The van der Waals surface area contributed by atoms with Gasteiger partial charge in [-0.3, -0.25) is 0 Å². The second-order valence-electron chi connectivity index (χ2n) is 5.45. The predicted molar refractivity (Wildman–Crippen MR) is 73.6 cm³/mol. The number of aliphatic hydroxyl groups is 1.